The fourth-order valence-corrected chi connectivity index (χ4v) is 4.65. The van der Waals surface area contributed by atoms with Crippen LogP contribution in [-0.2, 0) is 11.8 Å². The number of fused-ring (bicyclic) bond motifs is 3. The SMILES string of the molecule is Cn1nc(C(=O)NC2C[C@H]3CCC[C@@H](C2)N3CC(=O)O)c2ccccc21. The number of nitrogens with one attached hydrogen (secondary N) is 1. The van der Waals surface area contributed by atoms with E-state index in [1.807, 2.05) is 31.3 Å². The molecule has 0 saturated carbocycles. The van der Waals surface area contributed by atoms with E-state index in [9.17, 15) is 9.59 Å². The molecule has 0 spiro atoms. The zero-order valence-electron chi connectivity index (χ0n) is 14.9. The van der Waals surface area contributed by atoms with Crippen LogP contribution in [0.5, 0.6) is 0 Å². The molecule has 138 valence electrons. The third-order valence-corrected chi connectivity index (χ3v) is 5.75. The predicted octanol–water partition coefficient (Wildman–Crippen LogP) is 1.77. The molecule has 4 rings (SSSR count). The fourth-order valence-electron chi connectivity index (χ4n) is 4.65. The molecule has 7 heteroatoms. The van der Waals surface area contributed by atoms with E-state index in [1.54, 1.807) is 4.68 Å². The first-order valence-electron chi connectivity index (χ1n) is 9.23. The molecule has 3 heterocycles. The van der Waals surface area contributed by atoms with Crippen molar-refractivity contribution in [2.45, 2.75) is 50.2 Å². The smallest absolute Gasteiger partial charge is 0.317 e. The van der Waals surface area contributed by atoms with E-state index in [-0.39, 0.29) is 30.6 Å². The van der Waals surface area contributed by atoms with E-state index in [4.69, 9.17) is 5.11 Å². The molecular formula is C19H24N4O3. The lowest BCUT2D eigenvalue weighted by Crippen LogP contribution is -2.58. The average molecular weight is 356 g/mol. The van der Waals surface area contributed by atoms with Crippen LogP contribution >= 0.6 is 0 Å². The van der Waals surface area contributed by atoms with Gasteiger partial charge in [0, 0.05) is 30.6 Å². The molecule has 1 amide bonds. The Balaban J connectivity index is 1.49. The van der Waals surface area contributed by atoms with Crippen molar-refractivity contribution < 1.29 is 14.7 Å². The van der Waals surface area contributed by atoms with E-state index >= 15 is 0 Å². The van der Waals surface area contributed by atoms with Crippen LogP contribution in [0.4, 0.5) is 0 Å². The number of carbonyl (C=O) groups is 2. The number of carbonyl (C=O) groups excluding carboxylic acids is 1. The number of hydrogen-bond acceptors (Lipinski definition) is 4. The van der Waals surface area contributed by atoms with Crippen molar-refractivity contribution in [2.24, 2.45) is 7.05 Å². The molecule has 1 unspecified atom stereocenters. The van der Waals surface area contributed by atoms with Crippen LogP contribution in [0.1, 0.15) is 42.6 Å². The van der Waals surface area contributed by atoms with E-state index in [2.05, 4.69) is 15.3 Å². The highest BCUT2D eigenvalue weighted by Crippen LogP contribution is 2.34. The maximum Gasteiger partial charge on any atom is 0.317 e. The average Bonchev–Trinajstić information content (AvgIpc) is 2.93. The highest BCUT2D eigenvalue weighted by molar-refractivity contribution is 6.04. The van der Waals surface area contributed by atoms with Crippen LogP contribution in [0.2, 0.25) is 0 Å². The van der Waals surface area contributed by atoms with Crippen LogP contribution in [0.15, 0.2) is 24.3 Å². The van der Waals surface area contributed by atoms with Crippen molar-refractivity contribution in [1.29, 1.82) is 0 Å². The normalized spacial score (nSPS) is 26.0. The Bertz CT molecular complexity index is 832. The van der Waals surface area contributed by atoms with Crippen LogP contribution in [0.3, 0.4) is 0 Å². The van der Waals surface area contributed by atoms with Gasteiger partial charge in [0.05, 0.1) is 12.1 Å². The van der Waals surface area contributed by atoms with E-state index in [1.165, 1.54) is 0 Å². The number of piperidine rings is 2. The summed E-state index contributed by atoms with van der Waals surface area (Å²) < 4.78 is 1.73. The molecule has 0 aliphatic carbocycles. The van der Waals surface area contributed by atoms with Crippen molar-refractivity contribution in [2.75, 3.05) is 6.54 Å². The molecule has 2 aliphatic heterocycles. The second-order valence-electron chi connectivity index (χ2n) is 7.44. The van der Waals surface area contributed by atoms with Gasteiger partial charge >= 0.3 is 5.97 Å². The van der Waals surface area contributed by atoms with Crippen molar-refractivity contribution in [1.82, 2.24) is 20.0 Å². The summed E-state index contributed by atoms with van der Waals surface area (Å²) >= 11 is 0. The van der Waals surface area contributed by atoms with Gasteiger partial charge in [0.2, 0.25) is 0 Å². The minimum absolute atomic E-state index is 0.0728. The maximum absolute atomic E-state index is 12.8. The molecule has 2 fully saturated rings. The lowest BCUT2D eigenvalue weighted by molar-refractivity contribution is -0.141. The number of nitrogens with zero attached hydrogens (tertiary/aromatic N) is 3. The lowest BCUT2D eigenvalue weighted by atomic mass is 9.81. The first-order chi connectivity index (χ1) is 12.5. The number of amides is 1. The summed E-state index contributed by atoms with van der Waals surface area (Å²) in [4.78, 5) is 26.1. The summed E-state index contributed by atoms with van der Waals surface area (Å²) in [5.41, 5.74) is 1.40. The molecule has 3 atom stereocenters. The van der Waals surface area contributed by atoms with Gasteiger partial charge in [0.15, 0.2) is 5.69 Å². The van der Waals surface area contributed by atoms with Crippen LogP contribution in [-0.4, -0.2) is 56.3 Å². The Kier molecular flexibility index (Phi) is 4.40. The summed E-state index contributed by atoms with van der Waals surface area (Å²) in [6, 6.07) is 8.27. The Hall–Kier alpha value is -2.41. The van der Waals surface area contributed by atoms with Gasteiger partial charge in [-0.2, -0.15) is 5.10 Å². The van der Waals surface area contributed by atoms with Crippen LogP contribution < -0.4 is 5.32 Å². The number of hydrogen-bond donors (Lipinski definition) is 2. The van der Waals surface area contributed by atoms with Crippen LogP contribution in [0.25, 0.3) is 10.9 Å². The molecule has 1 aromatic heterocycles. The number of aliphatic carboxylic acids is 1. The second-order valence-corrected chi connectivity index (χ2v) is 7.44. The number of aryl methyl sites for hydroxylation is 1. The molecule has 2 aromatic rings. The Morgan fingerprint density at radius 3 is 2.62 bits per heavy atom. The Labute approximate surface area is 152 Å². The van der Waals surface area contributed by atoms with Crippen LogP contribution in [0, 0.1) is 0 Å². The highest BCUT2D eigenvalue weighted by atomic mass is 16.4. The predicted molar refractivity (Wildman–Crippen MR) is 97.0 cm³/mol. The Morgan fingerprint density at radius 2 is 1.92 bits per heavy atom. The minimum atomic E-state index is -0.774. The molecule has 1 aromatic carbocycles. The molecule has 0 radical (unpaired) electrons. The standard InChI is InChI=1S/C19H24N4O3/c1-22-16-8-3-2-7-15(16)18(21-22)19(26)20-12-9-13-5-4-6-14(10-12)23(13)11-17(24)25/h2-3,7-8,12-14H,4-6,9-11H2,1H3,(H,20,26)(H,24,25)/t12?,13-,14+. The zero-order chi connectivity index (χ0) is 18.3. The summed E-state index contributed by atoms with van der Waals surface area (Å²) in [7, 11) is 1.84. The highest BCUT2D eigenvalue weighted by Gasteiger charge is 2.39. The number of benzene rings is 1. The van der Waals surface area contributed by atoms with E-state index in [0.717, 1.165) is 43.0 Å². The first-order valence-corrected chi connectivity index (χ1v) is 9.23. The van der Waals surface area contributed by atoms with Gasteiger partial charge in [-0.25, -0.2) is 0 Å². The second kappa shape index (κ2) is 6.72. The monoisotopic (exact) mass is 356 g/mol. The number of carboxylic acid groups (broad SMARTS) is 1. The molecule has 2 saturated heterocycles. The van der Waals surface area contributed by atoms with Crippen molar-refractivity contribution in [3.05, 3.63) is 30.0 Å². The van der Waals surface area contributed by atoms with Crippen molar-refractivity contribution in [3.8, 4) is 0 Å². The minimum Gasteiger partial charge on any atom is -0.480 e. The van der Waals surface area contributed by atoms with Gasteiger partial charge in [-0.1, -0.05) is 24.6 Å². The number of para-hydroxylation sites is 1. The lowest BCUT2D eigenvalue weighted by Gasteiger charge is -2.48. The van der Waals surface area contributed by atoms with Crippen molar-refractivity contribution in [3.63, 3.8) is 0 Å². The third-order valence-electron chi connectivity index (χ3n) is 5.75. The number of carboxylic acids is 1. The first kappa shape index (κ1) is 17.0. The summed E-state index contributed by atoms with van der Waals surface area (Å²) in [5.74, 6) is -0.916. The molecule has 2 N–H and O–H groups in total. The third kappa shape index (κ3) is 3.07. The van der Waals surface area contributed by atoms with E-state index < -0.39 is 5.97 Å². The molecule has 7 nitrogen and oxygen atoms in total. The zero-order valence-corrected chi connectivity index (χ0v) is 14.9. The van der Waals surface area contributed by atoms with Gasteiger partial charge in [-0.3, -0.25) is 19.2 Å². The summed E-state index contributed by atoms with van der Waals surface area (Å²) in [5, 5.41) is 17.6. The van der Waals surface area contributed by atoms with Gasteiger partial charge in [0.1, 0.15) is 0 Å². The molecule has 2 aliphatic rings. The number of rotatable bonds is 4. The largest absolute Gasteiger partial charge is 0.480 e. The van der Waals surface area contributed by atoms with Gasteiger partial charge in [0.25, 0.3) is 5.91 Å². The maximum atomic E-state index is 12.8. The van der Waals surface area contributed by atoms with E-state index in [0.29, 0.717) is 5.69 Å². The quantitative estimate of drug-likeness (QED) is 0.872. The topological polar surface area (TPSA) is 87.5 Å². The Morgan fingerprint density at radius 1 is 1.23 bits per heavy atom. The van der Waals surface area contributed by atoms with Crippen molar-refractivity contribution >= 4 is 22.8 Å². The molecule has 2 bridgehead atoms. The molecule has 26 heavy (non-hydrogen) atoms. The number of aromatic nitrogens is 2. The summed E-state index contributed by atoms with van der Waals surface area (Å²) in [6.07, 6.45) is 4.75. The summed E-state index contributed by atoms with van der Waals surface area (Å²) in [6.45, 7) is 0.0981. The van der Waals surface area contributed by atoms with Gasteiger partial charge in [-0.05, 0) is 31.7 Å². The van der Waals surface area contributed by atoms with Gasteiger partial charge < -0.3 is 10.4 Å². The molecular weight excluding hydrogens is 332 g/mol. The fraction of sp³-hybridized carbons (Fsp3) is 0.526. The van der Waals surface area contributed by atoms with Gasteiger partial charge in [-0.15, -0.1) is 0 Å².